The number of aromatic nitrogens is 1. The predicted octanol–water partition coefficient (Wildman–Crippen LogP) is 3.93. The lowest BCUT2D eigenvalue weighted by Crippen LogP contribution is -1.94. The number of pyridine rings is 1. The molecule has 3 aromatic rings. The summed E-state index contributed by atoms with van der Waals surface area (Å²) in [5.41, 5.74) is 9.31. The Morgan fingerprint density at radius 1 is 1.11 bits per heavy atom. The Hall–Kier alpha value is -2.42. The van der Waals surface area contributed by atoms with Gasteiger partial charge in [0.25, 0.3) is 0 Å². The minimum absolute atomic E-state index is 0.274. The number of fused-ring (bicyclic) bond motifs is 1. The molecule has 0 saturated carbocycles. The van der Waals surface area contributed by atoms with Crippen LogP contribution in [0.25, 0.3) is 22.0 Å². The molecule has 0 aliphatic heterocycles. The van der Waals surface area contributed by atoms with E-state index in [0.29, 0.717) is 11.3 Å². The first-order valence-corrected chi connectivity index (χ1v) is 6.06. The SMILES string of the molecule is Cc1cc(F)c(-c2cnc3ccccc3c2)cc1N. The third-order valence-electron chi connectivity index (χ3n) is 3.26. The molecule has 0 atom stereocenters. The van der Waals surface area contributed by atoms with Crippen LogP contribution in [-0.4, -0.2) is 4.98 Å². The highest BCUT2D eigenvalue weighted by atomic mass is 19.1. The van der Waals surface area contributed by atoms with Crippen LogP contribution in [0.2, 0.25) is 0 Å². The number of hydrogen-bond donors (Lipinski definition) is 1. The summed E-state index contributed by atoms with van der Waals surface area (Å²) in [4.78, 5) is 4.34. The fourth-order valence-electron chi connectivity index (χ4n) is 2.13. The fraction of sp³-hybridized carbons (Fsp3) is 0.0625. The molecule has 0 radical (unpaired) electrons. The van der Waals surface area contributed by atoms with Crippen LogP contribution in [0, 0.1) is 12.7 Å². The van der Waals surface area contributed by atoms with Crippen molar-refractivity contribution in [2.75, 3.05) is 5.73 Å². The Kier molecular flexibility index (Phi) is 2.67. The third kappa shape index (κ3) is 2.03. The number of nitrogens with two attached hydrogens (primary N) is 1. The lowest BCUT2D eigenvalue weighted by molar-refractivity contribution is 0.630. The van der Waals surface area contributed by atoms with Gasteiger partial charge in [0.05, 0.1) is 5.52 Å². The second-order valence-electron chi connectivity index (χ2n) is 4.61. The van der Waals surface area contributed by atoms with Crippen LogP contribution >= 0.6 is 0 Å². The third-order valence-corrected chi connectivity index (χ3v) is 3.26. The van der Waals surface area contributed by atoms with Crippen LogP contribution in [0.4, 0.5) is 10.1 Å². The maximum Gasteiger partial charge on any atom is 0.131 e. The molecule has 2 N–H and O–H groups in total. The maximum absolute atomic E-state index is 14.0. The summed E-state index contributed by atoms with van der Waals surface area (Å²) in [5, 5.41) is 0.985. The highest BCUT2D eigenvalue weighted by molar-refractivity contribution is 5.84. The van der Waals surface area contributed by atoms with E-state index in [1.165, 1.54) is 6.07 Å². The van der Waals surface area contributed by atoms with Crippen molar-refractivity contribution in [3.63, 3.8) is 0 Å². The highest BCUT2D eigenvalue weighted by Gasteiger charge is 2.09. The molecule has 94 valence electrons. The molecule has 2 aromatic carbocycles. The topological polar surface area (TPSA) is 38.9 Å². The summed E-state index contributed by atoms with van der Waals surface area (Å²) < 4.78 is 14.0. The van der Waals surface area contributed by atoms with Crippen LogP contribution in [0.3, 0.4) is 0 Å². The number of benzene rings is 2. The number of hydrogen-bond acceptors (Lipinski definition) is 2. The first kappa shape index (κ1) is 11.7. The molecular formula is C16H13FN2. The minimum atomic E-state index is -0.274. The smallest absolute Gasteiger partial charge is 0.131 e. The van der Waals surface area contributed by atoms with Gasteiger partial charge in [-0.1, -0.05) is 18.2 Å². The van der Waals surface area contributed by atoms with Crippen molar-refractivity contribution in [1.29, 1.82) is 0 Å². The number of rotatable bonds is 1. The Morgan fingerprint density at radius 2 is 1.89 bits per heavy atom. The normalized spacial score (nSPS) is 10.8. The Morgan fingerprint density at radius 3 is 2.74 bits per heavy atom. The van der Waals surface area contributed by atoms with Crippen molar-refractivity contribution in [3.05, 3.63) is 60.0 Å². The number of nitrogen functional groups attached to an aromatic ring is 1. The van der Waals surface area contributed by atoms with E-state index in [4.69, 9.17) is 5.73 Å². The summed E-state index contributed by atoms with van der Waals surface area (Å²) in [6, 6.07) is 12.8. The van der Waals surface area contributed by atoms with E-state index >= 15 is 0 Å². The van der Waals surface area contributed by atoms with Crippen LogP contribution in [0.15, 0.2) is 48.7 Å². The van der Waals surface area contributed by atoms with E-state index in [-0.39, 0.29) is 5.82 Å². The lowest BCUT2D eigenvalue weighted by Gasteiger charge is -2.08. The molecule has 0 aliphatic carbocycles. The quantitative estimate of drug-likeness (QED) is 0.666. The van der Waals surface area contributed by atoms with Crippen molar-refractivity contribution in [2.24, 2.45) is 0 Å². The molecule has 3 rings (SSSR count). The first-order chi connectivity index (χ1) is 9.15. The summed E-state index contributed by atoms with van der Waals surface area (Å²) in [5.74, 6) is -0.274. The van der Waals surface area contributed by atoms with Crippen LogP contribution in [0.1, 0.15) is 5.56 Å². The molecule has 2 nitrogen and oxygen atoms in total. The zero-order valence-electron chi connectivity index (χ0n) is 10.5. The van der Waals surface area contributed by atoms with Crippen molar-refractivity contribution in [3.8, 4) is 11.1 Å². The zero-order chi connectivity index (χ0) is 13.4. The van der Waals surface area contributed by atoms with Gasteiger partial charge in [-0.25, -0.2) is 4.39 Å². The number of para-hydroxylation sites is 1. The molecule has 0 saturated heterocycles. The second-order valence-corrected chi connectivity index (χ2v) is 4.61. The van der Waals surface area contributed by atoms with E-state index in [9.17, 15) is 4.39 Å². The van der Waals surface area contributed by atoms with Gasteiger partial charge in [0.2, 0.25) is 0 Å². The van der Waals surface area contributed by atoms with E-state index in [2.05, 4.69) is 4.98 Å². The number of anilines is 1. The molecule has 0 spiro atoms. The summed E-state index contributed by atoms with van der Waals surface area (Å²) in [6.45, 7) is 1.79. The molecule has 0 amide bonds. The lowest BCUT2D eigenvalue weighted by atomic mass is 10.0. The van der Waals surface area contributed by atoms with Crippen molar-refractivity contribution < 1.29 is 4.39 Å². The fourth-order valence-corrected chi connectivity index (χ4v) is 2.13. The molecule has 19 heavy (non-hydrogen) atoms. The molecule has 0 unspecified atom stereocenters. The summed E-state index contributed by atoms with van der Waals surface area (Å²) >= 11 is 0. The molecule has 0 fully saturated rings. The van der Waals surface area contributed by atoms with E-state index in [1.54, 1.807) is 19.2 Å². The van der Waals surface area contributed by atoms with Crippen LogP contribution < -0.4 is 5.73 Å². The van der Waals surface area contributed by atoms with Gasteiger partial charge in [0, 0.05) is 28.4 Å². The zero-order valence-corrected chi connectivity index (χ0v) is 10.5. The first-order valence-electron chi connectivity index (χ1n) is 6.06. The van der Waals surface area contributed by atoms with Gasteiger partial charge < -0.3 is 5.73 Å². The van der Waals surface area contributed by atoms with Gasteiger partial charge >= 0.3 is 0 Å². The van der Waals surface area contributed by atoms with Gasteiger partial charge in [0.1, 0.15) is 5.82 Å². The summed E-state index contributed by atoms with van der Waals surface area (Å²) in [7, 11) is 0. The minimum Gasteiger partial charge on any atom is -0.398 e. The Balaban J connectivity index is 2.21. The molecular weight excluding hydrogens is 239 g/mol. The standard InChI is InChI=1S/C16H13FN2/c1-10-6-14(17)13(8-15(10)18)12-7-11-4-2-3-5-16(11)19-9-12/h2-9H,18H2,1H3. The van der Waals surface area contributed by atoms with Crippen LogP contribution in [-0.2, 0) is 0 Å². The second kappa shape index (κ2) is 4.35. The van der Waals surface area contributed by atoms with E-state index in [1.807, 2.05) is 30.3 Å². The number of nitrogens with zero attached hydrogens (tertiary/aromatic N) is 1. The van der Waals surface area contributed by atoms with Crippen molar-refractivity contribution in [2.45, 2.75) is 6.92 Å². The Labute approximate surface area is 110 Å². The average Bonchev–Trinajstić information content (AvgIpc) is 2.42. The molecule has 3 heteroatoms. The average molecular weight is 252 g/mol. The predicted molar refractivity (Wildman–Crippen MR) is 76.3 cm³/mol. The van der Waals surface area contributed by atoms with E-state index in [0.717, 1.165) is 22.0 Å². The van der Waals surface area contributed by atoms with Gasteiger partial charge in [-0.2, -0.15) is 0 Å². The largest absolute Gasteiger partial charge is 0.398 e. The van der Waals surface area contributed by atoms with Crippen LogP contribution in [0.5, 0.6) is 0 Å². The van der Waals surface area contributed by atoms with Crippen molar-refractivity contribution in [1.82, 2.24) is 4.98 Å². The summed E-state index contributed by atoms with van der Waals surface area (Å²) in [6.07, 6.45) is 1.68. The van der Waals surface area contributed by atoms with Gasteiger partial charge in [0.15, 0.2) is 0 Å². The Bertz CT molecular complexity index is 766. The van der Waals surface area contributed by atoms with Gasteiger partial charge in [-0.05, 0) is 36.8 Å². The molecule has 0 bridgehead atoms. The molecule has 1 heterocycles. The van der Waals surface area contributed by atoms with Gasteiger partial charge in [-0.3, -0.25) is 4.98 Å². The molecule has 0 aliphatic rings. The van der Waals surface area contributed by atoms with Gasteiger partial charge in [-0.15, -0.1) is 0 Å². The highest BCUT2D eigenvalue weighted by Crippen LogP contribution is 2.28. The monoisotopic (exact) mass is 252 g/mol. The number of aryl methyl sites for hydroxylation is 1. The number of halogens is 1. The van der Waals surface area contributed by atoms with E-state index < -0.39 is 0 Å². The van der Waals surface area contributed by atoms with Crippen molar-refractivity contribution >= 4 is 16.6 Å². The molecule has 1 aromatic heterocycles. The maximum atomic E-state index is 14.0.